The van der Waals surface area contributed by atoms with Crippen LogP contribution in [0, 0.1) is 13.8 Å². The number of hydrogen-bond acceptors (Lipinski definition) is 5. The van der Waals surface area contributed by atoms with E-state index in [1.807, 2.05) is 11.3 Å². The van der Waals surface area contributed by atoms with Crippen LogP contribution in [-0.2, 0) is 0 Å². The maximum absolute atomic E-state index is 2.35. The molecule has 122 valence electrons. The maximum atomic E-state index is 2.35. The van der Waals surface area contributed by atoms with Crippen molar-refractivity contribution in [1.29, 1.82) is 0 Å². The van der Waals surface area contributed by atoms with Crippen molar-refractivity contribution in [3.63, 3.8) is 0 Å². The topological polar surface area (TPSA) is 0 Å². The summed E-state index contributed by atoms with van der Waals surface area (Å²) in [5.74, 6) is 4.89. The van der Waals surface area contributed by atoms with Crippen LogP contribution < -0.4 is 0 Å². The van der Waals surface area contributed by atoms with Gasteiger partial charge in [-0.05, 0) is 25.4 Å². The molecule has 0 nitrogen and oxygen atoms in total. The molecule has 21 heavy (non-hydrogen) atoms. The zero-order chi connectivity index (χ0) is 15.8. The third kappa shape index (κ3) is 7.03. The van der Waals surface area contributed by atoms with Crippen LogP contribution in [0.5, 0.6) is 0 Å². The van der Waals surface area contributed by atoms with E-state index in [0.717, 1.165) is 10.5 Å². The Morgan fingerprint density at radius 3 is 1.52 bits per heavy atom. The number of thiophene rings is 1. The summed E-state index contributed by atoms with van der Waals surface area (Å²) in [6.45, 7) is 13.8. The first-order valence-electron chi connectivity index (χ1n) is 7.58. The van der Waals surface area contributed by atoms with Crippen molar-refractivity contribution in [1.82, 2.24) is 0 Å². The normalized spacial score (nSPS) is 14.4. The van der Waals surface area contributed by atoms with Crippen LogP contribution >= 0.6 is 58.4 Å². The molecule has 1 rings (SSSR count). The van der Waals surface area contributed by atoms with E-state index in [-0.39, 0.29) is 0 Å². The summed E-state index contributed by atoms with van der Waals surface area (Å²) in [6.07, 6.45) is 0. The zero-order valence-electron chi connectivity index (χ0n) is 14.0. The van der Waals surface area contributed by atoms with Crippen LogP contribution in [0.1, 0.15) is 37.4 Å². The molecule has 0 saturated heterocycles. The number of thioether (sulfide) groups is 4. The average Bonchev–Trinajstić information content (AvgIpc) is 2.68. The van der Waals surface area contributed by atoms with Crippen LogP contribution in [-0.4, -0.2) is 33.5 Å². The van der Waals surface area contributed by atoms with Crippen LogP contribution in [0.25, 0.3) is 0 Å². The van der Waals surface area contributed by atoms with Crippen molar-refractivity contribution in [3.05, 3.63) is 9.75 Å². The van der Waals surface area contributed by atoms with Gasteiger partial charge in [0.05, 0.1) is 0 Å². The summed E-state index contributed by atoms with van der Waals surface area (Å²) in [5, 5.41) is 1.49. The Balaban J connectivity index is 2.66. The summed E-state index contributed by atoms with van der Waals surface area (Å²) in [7, 11) is 0. The maximum Gasteiger partial charge on any atom is 0.0348 e. The van der Waals surface area contributed by atoms with Gasteiger partial charge in [-0.25, -0.2) is 0 Å². The molecule has 0 fully saturated rings. The van der Waals surface area contributed by atoms with E-state index < -0.39 is 0 Å². The van der Waals surface area contributed by atoms with Gasteiger partial charge < -0.3 is 0 Å². The lowest BCUT2D eigenvalue weighted by Gasteiger charge is -2.13. The molecule has 1 heterocycles. The van der Waals surface area contributed by atoms with E-state index in [1.165, 1.54) is 32.8 Å². The third-order valence-corrected chi connectivity index (χ3v) is 9.88. The molecule has 2 unspecified atom stereocenters. The summed E-state index contributed by atoms with van der Waals surface area (Å²) < 4.78 is 0. The van der Waals surface area contributed by atoms with E-state index in [9.17, 15) is 0 Å². The smallest absolute Gasteiger partial charge is 0.0348 e. The Kier molecular flexibility index (Phi) is 10.4. The fraction of sp³-hybridized carbons (Fsp3) is 0.750. The molecule has 0 radical (unpaired) electrons. The van der Waals surface area contributed by atoms with E-state index >= 15 is 0 Å². The number of hydrogen-bond donors (Lipinski definition) is 0. The largest absolute Gasteiger partial charge is 0.158 e. The molecular formula is C16H28S5. The molecule has 0 bridgehead atoms. The molecule has 1 aromatic heterocycles. The van der Waals surface area contributed by atoms with Gasteiger partial charge in [0, 0.05) is 41.6 Å². The highest BCUT2D eigenvalue weighted by molar-refractivity contribution is 8.05. The monoisotopic (exact) mass is 380 g/mol. The second-order valence-electron chi connectivity index (χ2n) is 5.03. The molecule has 2 atom stereocenters. The Morgan fingerprint density at radius 2 is 1.19 bits per heavy atom. The van der Waals surface area contributed by atoms with Gasteiger partial charge in [0.15, 0.2) is 0 Å². The van der Waals surface area contributed by atoms with Crippen molar-refractivity contribution in [2.24, 2.45) is 0 Å². The first kappa shape index (κ1) is 20.1. The fourth-order valence-corrected chi connectivity index (χ4v) is 8.07. The predicted molar refractivity (Wildman–Crippen MR) is 110 cm³/mol. The first-order valence-corrected chi connectivity index (χ1v) is 12.5. The molecular weight excluding hydrogens is 353 g/mol. The van der Waals surface area contributed by atoms with Crippen molar-refractivity contribution < 1.29 is 0 Å². The third-order valence-electron chi connectivity index (χ3n) is 2.98. The Morgan fingerprint density at radius 1 is 0.810 bits per heavy atom. The average molecular weight is 381 g/mol. The molecule has 1 aromatic rings. The van der Waals surface area contributed by atoms with Crippen molar-refractivity contribution in [2.75, 3.05) is 23.0 Å². The summed E-state index contributed by atoms with van der Waals surface area (Å²) in [5.41, 5.74) is 0. The molecule has 0 aromatic carbocycles. The zero-order valence-corrected chi connectivity index (χ0v) is 18.1. The quantitative estimate of drug-likeness (QED) is 0.408. The fourth-order valence-electron chi connectivity index (χ4n) is 2.04. The van der Waals surface area contributed by atoms with Crippen LogP contribution in [0.4, 0.5) is 0 Å². The van der Waals surface area contributed by atoms with Crippen LogP contribution in [0.15, 0.2) is 9.79 Å². The van der Waals surface area contributed by atoms with Crippen molar-refractivity contribution >= 4 is 58.4 Å². The van der Waals surface area contributed by atoms with Gasteiger partial charge in [-0.15, -0.1) is 34.9 Å². The Bertz CT molecular complexity index is 377. The summed E-state index contributed by atoms with van der Waals surface area (Å²) in [6, 6.07) is 0. The van der Waals surface area contributed by atoms with Gasteiger partial charge in [-0.2, -0.15) is 23.5 Å². The Labute approximate surface area is 152 Å². The van der Waals surface area contributed by atoms with Crippen LogP contribution in [0.2, 0.25) is 0 Å². The van der Waals surface area contributed by atoms with Crippen molar-refractivity contribution in [3.8, 4) is 0 Å². The second kappa shape index (κ2) is 10.8. The van der Waals surface area contributed by atoms with Gasteiger partial charge in [0.2, 0.25) is 0 Å². The van der Waals surface area contributed by atoms with Crippen LogP contribution in [0.3, 0.4) is 0 Å². The Hall–Kier alpha value is 1.10. The first-order chi connectivity index (χ1) is 9.99. The highest BCUT2D eigenvalue weighted by Gasteiger charge is 2.16. The van der Waals surface area contributed by atoms with Gasteiger partial charge in [0.25, 0.3) is 0 Å². The number of rotatable bonds is 10. The molecule has 5 heteroatoms. The van der Waals surface area contributed by atoms with Gasteiger partial charge in [-0.1, -0.05) is 27.7 Å². The highest BCUT2D eigenvalue weighted by Crippen LogP contribution is 2.42. The van der Waals surface area contributed by atoms with E-state index in [4.69, 9.17) is 0 Å². The summed E-state index contributed by atoms with van der Waals surface area (Å²) >= 11 is 10.2. The predicted octanol–water partition coefficient (Wildman–Crippen LogP) is 6.83. The molecule has 0 saturated carbocycles. The van der Waals surface area contributed by atoms with Gasteiger partial charge in [-0.3, -0.25) is 0 Å². The molecule has 0 N–H and O–H groups in total. The molecule has 0 aliphatic heterocycles. The minimum absolute atomic E-state index is 0.743. The minimum Gasteiger partial charge on any atom is -0.158 e. The second-order valence-corrected chi connectivity index (χ2v) is 11.9. The van der Waals surface area contributed by atoms with E-state index in [1.54, 1.807) is 9.79 Å². The SMILES string of the molecule is CCSC(C)CSc1c(C)sc(C)c1SCC(C)SCC. The highest BCUT2D eigenvalue weighted by atomic mass is 32.2. The molecule has 0 aliphatic rings. The van der Waals surface area contributed by atoms with E-state index in [0.29, 0.717) is 0 Å². The lowest BCUT2D eigenvalue weighted by molar-refractivity contribution is 1.10. The molecule has 0 aliphatic carbocycles. The molecule has 0 amide bonds. The van der Waals surface area contributed by atoms with Gasteiger partial charge >= 0.3 is 0 Å². The van der Waals surface area contributed by atoms with E-state index in [2.05, 4.69) is 88.6 Å². The minimum atomic E-state index is 0.743. The van der Waals surface area contributed by atoms with Crippen molar-refractivity contribution in [2.45, 2.75) is 61.8 Å². The van der Waals surface area contributed by atoms with Gasteiger partial charge in [0.1, 0.15) is 0 Å². The molecule has 0 spiro atoms. The number of aryl methyl sites for hydroxylation is 2. The standard InChI is InChI=1S/C16H28S5/c1-7-17-11(3)9-19-15-13(5)21-14(6)16(15)20-10-12(4)18-8-2/h11-12H,7-10H2,1-6H3. The summed E-state index contributed by atoms with van der Waals surface area (Å²) in [4.78, 5) is 6.12. The lowest BCUT2D eigenvalue weighted by Crippen LogP contribution is -2.01. The lowest BCUT2D eigenvalue weighted by atomic mass is 10.4.